The zero-order valence-corrected chi connectivity index (χ0v) is 12.8. The van der Waals surface area contributed by atoms with Gasteiger partial charge in [0.2, 0.25) is 5.91 Å². The number of halogens is 2. The Morgan fingerprint density at radius 1 is 1.37 bits per heavy atom. The number of rotatable bonds is 6. The van der Waals surface area contributed by atoms with E-state index in [2.05, 4.69) is 6.92 Å². The lowest BCUT2D eigenvalue weighted by molar-refractivity contribution is -0.134. The summed E-state index contributed by atoms with van der Waals surface area (Å²) in [4.78, 5) is 13.9. The predicted molar refractivity (Wildman–Crippen MR) is 80.4 cm³/mol. The van der Waals surface area contributed by atoms with E-state index < -0.39 is 0 Å². The molecule has 5 heteroatoms. The minimum atomic E-state index is -0.0993. The second-order valence-corrected chi connectivity index (χ2v) is 5.48. The van der Waals surface area contributed by atoms with Crippen molar-refractivity contribution in [2.75, 3.05) is 13.6 Å². The second-order valence-electron chi connectivity index (χ2n) is 4.66. The summed E-state index contributed by atoms with van der Waals surface area (Å²) in [5, 5.41) is 1.02. The molecule has 0 bridgehead atoms. The summed E-state index contributed by atoms with van der Waals surface area (Å²) >= 11 is 11.8. The van der Waals surface area contributed by atoms with Crippen LogP contribution in [0.2, 0.25) is 10.0 Å². The Bertz CT molecular complexity index is 437. The fourth-order valence-electron chi connectivity index (χ4n) is 1.99. The molecule has 0 spiro atoms. The third-order valence-electron chi connectivity index (χ3n) is 3.05. The summed E-state index contributed by atoms with van der Waals surface area (Å²) in [6.07, 6.45) is 1.77. The quantitative estimate of drug-likeness (QED) is 0.876. The normalized spacial score (nSPS) is 12.3. The van der Waals surface area contributed by atoms with Crippen molar-refractivity contribution >= 4 is 29.1 Å². The van der Waals surface area contributed by atoms with Crippen LogP contribution in [0.3, 0.4) is 0 Å². The van der Waals surface area contributed by atoms with Crippen LogP contribution >= 0.6 is 23.2 Å². The standard InChI is InChI=1S/C14H20Cl2N2O/c1-3-4-11(8-17)14(19)18(2)9-10-5-6-12(15)13(16)7-10/h5-7,11H,3-4,8-9,17H2,1-2H3. The van der Waals surface area contributed by atoms with E-state index in [0.717, 1.165) is 18.4 Å². The van der Waals surface area contributed by atoms with Crippen molar-refractivity contribution in [3.05, 3.63) is 33.8 Å². The molecule has 0 radical (unpaired) electrons. The zero-order chi connectivity index (χ0) is 14.4. The number of hydrogen-bond donors (Lipinski definition) is 1. The Morgan fingerprint density at radius 3 is 2.58 bits per heavy atom. The number of amides is 1. The van der Waals surface area contributed by atoms with Crippen LogP contribution in [0.1, 0.15) is 25.3 Å². The molecule has 1 aromatic rings. The van der Waals surface area contributed by atoms with Gasteiger partial charge in [-0.05, 0) is 24.1 Å². The van der Waals surface area contributed by atoms with Crippen LogP contribution in [0.15, 0.2) is 18.2 Å². The predicted octanol–water partition coefficient (Wildman–Crippen LogP) is 3.33. The summed E-state index contributed by atoms with van der Waals surface area (Å²) in [5.41, 5.74) is 6.60. The Labute approximate surface area is 124 Å². The number of hydrogen-bond acceptors (Lipinski definition) is 2. The molecule has 0 aliphatic rings. The first-order valence-corrected chi connectivity index (χ1v) is 7.14. The fraction of sp³-hybridized carbons (Fsp3) is 0.500. The molecule has 0 saturated carbocycles. The van der Waals surface area contributed by atoms with Crippen LogP contribution in [0.4, 0.5) is 0 Å². The summed E-state index contributed by atoms with van der Waals surface area (Å²) in [6, 6.07) is 5.39. The molecule has 1 atom stereocenters. The first kappa shape index (κ1) is 16.3. The minimum Gasteiger partial charge on any atom is -0.341 e. The third-order valence-corrected chi connectivity index (χ3v) is 3.79. The number of carbonyl (C=O) groups is 1. The maximum absolute atomic E-state index is 12.2. The maximum atomic E-state index is 12.2. The van der Waals surface area contributed by atoms with Crippen LogP contribution in [-0.2, 0) is 11.3 Å². The van der Waals surface area contributed by atoms with E-state index in [0.29, 0.717) is 23.1 Å². The van der Waals surface area contributed by atoms with Crippen molar-refractivity contribution in [3.8, 4) is 0 Å². The average Bonchev–Trinajstić information content (AvgIpc) is 2.39. The monoisotopic (exact) mass is 302 g/mol. The molecule has 0 saturated heterocycles. The summed E-state index contributed by atoms with van der Waals surface area (Å²) < 4.78 is 0. The van der Waals surface area contributed by atoms with E-state index in [9.17, 15) is 4.79 Å². The van der Waals surface area contributed by atoms with Crippen LogP contribution in [0.25, 0.3) is 0 Å². The van der Waals surface area contributed by atoms with E-state index in [1.54, 1.807) is 24.1 Å². The van der Waals surface area contributed by atoms with Crippen molar-refractivity contribution in [1.29, 1.82) is 0 Å². The number of nitrogens with zero attached hydrogens (tertiary/aromatic N) is 1. The topological polar surface area (TPSA) is 46.3 Å². The third kappa shape index (κ3) is 4.68. The Kier molecular flexibility index (Phi) is 6.63. The average molecular weight is 303 g/mol. The maximum Gasteiger partial charge on any atom is 0.226 e. The van der Waals surface area contributed by atoms with Crippen LogP contribution in [-0.4, -0.2) is 24.4 Å². The van der Waals surface area contributed by atoms with Gasteiger partial charge in [-0.15, -0.1) is 0 Å². The summed E-state index contributed by atoms with van der Waals surface area (Å²) in [7, 11) is 1.78. The van der Waals surface area contributed by atoms with Gasteiger partial charge in [0, 0.05) is 20.1 Å². The lowest BCUT2D eigenvalue weighted by Gasteiger charge is -2.23. The molecule has 19 heavy (non-hydrogen) atoms. The van der Waals surface area contributed by atoms with Gasteiger partial charge in [-0.2, -0.15) is 0 Å². The molecule has 2 N–H and O–H groups in total. The van der Waals surface area contributed by atoms with Crippen molar-refractivity contribution in [3.63, 3.8) is 0 Å². The Balaban J connectivity index is 2.69. The highest BCUT2D eigenvalue weighted by Gasteiger charge is 2.19. The van der Waals surface area contributed by atoms with E-state index >= 15 is 0 Å². The van der Waals surface area contributed by atoms with Crippen molar-refractivity contribution in [1.82, 2.24) is 4.90 Å². The molecular weight excluding hydrogens is 283 g/mol. The summed E-state index contributed by atoms with van der Waals surface area (Å²) in [6.45, 7) is 2.95. The smallest absolute Gasteiger partial charge is 0.226 e. The van der Waals surface area contributed by atoms with E-state index in [-0.39, 0.29) is 11.8 Å². The summed E-state index contributed by atoms with van der Waals surface area (Å²) in [5.74, 6) is -0.0202. The van der Waals surface area contributed by atoms with Gasteiger partial charge in [-0.3, -0.25) is 4.79 Å². The molecule has 0 aromatic heterocycles. The molecule has 0 aliphatic heterocycles. The molecule has 1 aromatic carbocycles. The number of carbonyl (C=O) groups excluding carboxylic acids is 1. The Hall–Kier alpha value is -0.770. The SMILES string of the molecule is CCCC(CN)C(=O)N(C)Cc1ccc(Cl)c(Cl)c1. The zero-order valence-electron chi connectivity index (χ0n) is 11.3. The molecule has 1 unspecified atom stereocenters. The van der Waals surface area contributed by atoms with E-state index in [1.165, 1.54) is 0 Å². The Morgan fingerprint density at radius 2 is 2.05 bits per heavy atom. The lowest BCUT2D eigenvalue weighted by Crippen LogP contribution is -2.36. The van der Waals surface area contributed by atoms with Crippen LogP contribution in [0, 0.1) is 5.92 Å². The molecule has 1 amide bonds. The van der Waals surface area contributed by atoms with Crippen LogP contribution < -0.4 is 5.73 Å². The number of nitrogens with two attached hydrogens (primary N) is 1. The van der Waals surface area contributed by atoms with E-state index in [1.807, 2.05) is 6.07 Å². The molecule has 0 fully saturated rings. The minimum absolute atomic E-state index is 0.0791. The van der Waals surface area contributed by atoms with Gasteiger partial charge in [0.25, 0.3) is 0 Å². The van der Waals surface area contributed by atoms with Gasteiger partial charge >= 0.3 is 0 Å². The molecular formula is C14H20Cl2N2O. The highest BCUT2D eigenvalue weighted by molar-refractivity contribution is 6.42. The van der Waals surface area contributed by atoms with Crippen molar-refractivity contribution in [2.24, 2.45) is 11.7 Å². The van der Waals surface area contributed by atoms with Crippen LogP contribution in [0.5, 0.6) is 0 Å². The van der Waals surface area contributed by atoms with Crippen molar-refractivity contribution < 1.29 is 4.79 Å². The second kappa shape index (κ2) is 7.73. The molecule has 0 aliphatic carbocycles. The largest absolute Gasteiger partial charge is 0.341 e. The number of benzene rings is 1. The highest BCUT2D eigenvalue weighted by atomic mass is 35.5. The fourth-order valence-corrected chi connectivity index (χ4v) is 2.31. The van der Waals surface area contributed by atoms with Gasteiger partial charge in [-0.25, -0.2) is 0 Å². The molecule has 3 nitrogen and oxygen atoms in total. The van der Waals surface area contributed by atoms with Gasteiger partial charge in [-0.1, -0.05) is 42.6 Å². The molecule has 1 rings (SSSR count). The lowest BCUT2D eigenvalue weighted by atomic mass is 10.0. The van der Waals surface area contributed by atoms with Gasteiger partial charge in [0.15, 0.2) is 0 Å². The molecule has 106 valence electrons. The van der Waals surface area contributed by atoms with E-state index in [4.69, 9.17) is 28.9 Å². The van der Waals surface area contributed by atoms with Gasteiger partial charge in [0.05, 0.1) is 16.0 Å². The van der Waals surface area contributed by atoms with Gasteiger partial charge < -0.3 is 10.6 Å². The first-order valence-electron chi connectivity index (χ1n) is 6.38. The van der Waals surface area contributed by atoms with Gasteiger partial charge in [0.1, 0.15) is 0 Å². The molecule has 0 heterocycles. The van der Waals surface area contributed by atoms with Crippen molar-refractivity contribution in [2.45, 2.75) is 26.3 Å². The highest BCUT2D eigenvalue weighted by Crippen LogP contribution is 2.23. The first-order chi connectivity index (χ1) is 8.99.